The normalized spacial score (nSPS) is 27.1. The van der Waals surface area contributed by atoms with Gasteiger partial charge in [0.2, 0.25) is 0 Å². The van der Waals surface area contributed by atoms with Gasteiger partial charge in [0.15, 0.2) is 0 Å². The second kappa shape index (κ2) is 9.65. The van der Waals surface area contributed by atoms with Crippen molar-refractivity contribution >= 4 is 6.21 Å². The summed E-state index contributed by atoms with van der Waals surface area (Å²) >= 11 is 0. The fraction of sp³-hybridized carbons (Fsp3) is 0.591. The molecule has 0 saturated heterocycles. The van der Waals surface area contributed by atoms with Gasteiger partial charge < -0.3 is 5.32 Å². The van der Waals surface area contributed by atoms with Crippen molar-refractivity contribution in [2.24, 2.45) is 22.9 Å². The van der Waals surface area contributed by atoms with Crippen molar-refractivity contribution in [2.75, 3.05) is 14.1 Å². The Morgan fingerprint density at radius 3 is 2.88 bits per heavy atom. The van der Waals surface area contributed by atoms with Crippen molar-refractivity contribution in [1.82, 2.24) is 10.3 Å². The van der Waals surface area contributed by atoms with Gasteiger partial charge in [-0.15, -0.1) is 0 Å². The Morgan fingerprint density at radius 2 is 2.20 bits per heavy atom. The highest BCUT2D eigenvalue weighted by Gasteiger charge is 2.18. The van der Waals surface area contributed by atoms with E-state index >= 15 is 0 Å². The Hall–Kier alpha value is -1.77. The molecule has 0 aromatic carbocycles. The quantitative estimate of drug-likeness (QED) is 0.691. The molecule has 1 aliphatic heterocycles. The zero-order chi connectivity index (χ0) is 18.2. The lowest BCUT2D eigenvalue weighted by atomic mass is 9.94. The van der Waals surface area contributed by atoms with Crippen LogP contribution >= 0.6 is 0 Å². The van der Waals surface area contributed by atoms with Crippen molar-refractivity contribution in [2.45, 2.75) is 52.9 Å². The molecule has 0 spiro atoms. The van der Waals surface area contributed by atoms with Crippen LogP contribution < -0.4 is 5.32 Å². The van der Waals surface area contributed by atoms with Crippen LogP contribution in [0.3, 0.4) is 0 Å². The minimum atomic E-state index is 0.419. The number of hydrogen-bond donors (Lipinski definition) is 1. The molecule has 2 rings (SSSR count). The summed E-state index contributed by atoms with van der Waals surface area (Å²) in [5, 5.41) is 10.1. The summed E-state index contributed by atoms with van der Waals surface area (Å²) in [4.78, 5) is 0. The molecular weight excluding hydrogens is 306 g/mol. The molecule has 3 atom stereocenters. The van der Waals surface area contributed by atoms with Gasteiger partial charge in [-0.3, -0.25) is 5.01 Å². The number of nitrogens with one attached hydrogen (secondary N) is 1. The van der Waals surface area contributed by atoms with Gasteiger partial charge >= 0.3 is 0 Å². The summed E-state index contributed by atoms with van der Waals surface area (Å²) in [6, 6.07) is 0. The fourth-order valence-corrected chi connectivity index (χ4v) is 3.47. The summed E-state index contributed by atoms with van der Waals surface area (Å²) in [5.74, 6) is 1.49. The van der Waals surface area contributed by atoms with E-state index < -0.39 is 0 Å². The third-order valence-corrected chi connectivity index (χ3v) is 5.32. The summed E-state index contributed by atoms with van der Waals surface area (Å²) in [7, 11) is 4.12. The Morgan fingerprint density at radius 1 is 1.40 bits per heavy atom. The van der Waals surface area contributed by atoms with Crippen LogP contribution in [0.4, 0.5) is 0 Å². The zero-order valence-corrected chi connectivity index (χ0v) is 16.6. The van der Waals surface area contributed by atoms with Crippen molar-refractivity contribution in [1.29, 1.82) is 0 Å². The molecule has 0 fully saturated rings. The number of hydrogen-bond acceptors (Lipinski definition) is 3. The predicted molar refractivity (Wildman–Crippen MR) is 109 cm³/mol. The number of nitrogens with zero attached hydrogens (tertiary/aromatic N) is 2. The van der Waals surface area contributed by atoms with Crippen molar-refractivity contribution in [3.8, 4) is 0 Å². The highest BCUT2D eigenvalue weighted by Crippen LogP contribution is 2.29. The second-order valence-electron chi connectivity index (χ2n) is 7.18. The van der Waals surface area contributed by atoms with Gasteiger partial charge in [0.25, 0.3) is 0 Å². The smallest absolute Gasteiger partial charge is 0.0585 e. The molecule has 3 unspecified atom stereocenters. The van der Waals surface area contributed by atoms with E-state index in [0.717, 1.165) is 25.7 Å². The van der Waals surface area contributed by atoms with Gasteiger partial charge in [0, 0.05) is 31.9 Å². The molecule has 25 heavy (non-hydrogen) atoms. The molecule has 138 valence electrons. The molecule has 1 N–H and O–H groups in total. The molecule has 3 heteroatoms. The third kappa shape index (κ3) is 5.35. The van der Waals surface area contributed by atoms with Crippen molar-refractivity contribution in [3.63, 3.8) is 0 Å². The Balaban J connectivity index is 2.38. The average Bonchev–Trinajstić information content (AvgIpc) is 2.70. The van der Waals surface area contributed by atoms with Crippen LogP contribution in [0.15, 0.2) is 52.4 Å². The number of hydrazone groups is 1. The standard InChI is InChI=1S/C22H35N3/c1-6-17(3)15-21(23-4)20-11-10-18-9-8-14-24-25(5)22(16-18)19(7-2)12-13-20/h10-12,14-18,20,23H,6-9,13H2,1-5H3/b11-10?,19-12?,21-15-,22-16?,24-14-. The maximum Gasteiger partial charge on any atom is 0.0585 e. The molecule has 1 heterocycles. The van der Waals surface area contributed by atoms with E-state index in [2.05, 4.69) is 81.9 Å². The van der Waals surface area contributed by atoms with Crippen LogP contribution in [0.25, 0.3) is 0 Å². The first kappa shape index (κ1) is 19.6. The molecule has 2 bridgehead atoms. The number of likely N-dealkylation sites (N-methyl/N-ethyl adjacent to an activating group) is 1. The molecule has 0 amide bonds. The van der Waals surface area contributed by atoms with E-state index in [1.165, 1.54) is 23.4 Å². The Kier molecular flexibility index (Phi) is 7.54. The molecule has 0 aromatic heterocycles. The molecule has 0 aromatic rings. The Labute approximate surface area is 154 Å². The van der Waals surface area contributed by atoms with E-state index in [9.17, 15) is 0 Å². The van der Waals surface area contributed by atoms with E-state index in [0.29, 0.717) is 17.8 Å². The number of allylic oxidation sites excluding steroid dienone is 6. The lowest BCUT2D eigenvalue weighted by Crippen LogP contribution is -2.16. The SMILES string of the molecule is CCC1=CCC(/C(=C/C(C)CC)NC)C=CC2C=C1N(C)/N=C\CC2. The van der Waals surface area contributed by atoms with Crippen LogP contribution in [-0.2, 0) is 0 Å². The monoisotopic (exact) mass is 341 g/mol. The van der Waals surface area contributed by atoms with Crippen LogP contribution in [0.5, 0.6) is 0 Å². The summed E-state index contributed by atoms with van der Waals surface area (Å²) in [6.45, 7) is 6.78. The molecule has 0 saturated carbocycles. The van der Waals surface area contributed by atoms with Crippen molar-refractivity contribution < 1.29 is 0 Å². The summed E-state index contributed by atoms with van der Waals surface area (Å²) < 4.78 is 0. The van der Waals surface area contributed by atoms with Crippen molar-refractivity contribution in [3.05, 3.63) is 47.3 Å². The molecule has 2 aliphatic rings. The van der Waals surface area contributed by atoms with E-state index in [4.69, 9.17) is 0 Å². The van der Waals surface area contributed by atoms with Gasteiger partial charge in [-0.1, -0.05) is 57.6 Å². The van der Waals surface area contributed by atoms with Crippen LogP contribution in [-0.4, -0.2) is 25.3 Å². The summed E-state index contributed by atoms with van der Waals surface area (Å²) in [6.07, 6.45) is 19.5. The topological polar surface area (TPSA) is 27.6 Å². The van der Waals surface area contributed by atoms with E-state index in [-0.39, 0.29) is 0 Å². The largest absolute Gasteiger partial charge is 0.391 e. The van der Waals surface area contributed by atoms with E-state index in [1.807, 2.05) is 5.01 Å². The van der Waals surface area contributed by atoms with E-state index in [1.54, 1.807) is 0 Å². The minimum Gasteiger partial charge on any atom is -0.391 e. The van der Waals surface area contributed by atoms with Gasteiger partial charge in [0.05, 0.1) is 5.70 Å². The maximum atomic E-state index is 4.58. The Bertz CT molecular complexity index is 580. The molecule has 1 aliphatic carbocycles. The van der Waals surface area contributed by atoms with Gasteiger partial charge in [-0.2, -0.15) is 5.10 Å². The highest BCUT2D eigenvalue weighted by molar-refractivity contribution is 5.57. The van der Waals surface area contributed by atoms with Crippen LogP contribution in [0.2, 0.25) is 0 Å². The zero-order valence-electron chi connectivity index (χ0n) is 16.6. The lowest BCUT2D eigenvalue weighted by molar-refractivity contribution is 0.441. The first-order valence-corrected chi connectivity index (χ1v) is 9.84. The number of fused-ring (bicyclic) bond motifs is 1. The third-order valence-electron chi connectivity index (χ3n) is 5.32. The lowest BCUT2D eigenvalue weighted by Gasteiger charge is -2.23. The first-order chi connectivity index (χ1) is 12.1. The summed E-state index contributed by atoms with van der Waals surface area (Å²) in [5.41, 5.74) is 4.02. The van der Waals surface area contributed by atoms with Gasteiger partial charge in [-0.05, 0) is 43.1 Å². The molecule has 0 radical (unpaired) electrons. The predicted octanol–water partition coefficient (Wildman–Crippen LogP) is 5.26. The van der Waals surface area contributed by atoms with Gasteiger partial charge in [-0.25, -0.2) is 0 Å². The first-order valence-electron chi connectivity index (χ1n) is 9.84. The average molecular weight is 342 g/mol. The van der Waals surface area contributed by atoms with Gasteiger partial charge in [0.1, 0.15) is 0 Å². The molecule has 3 nitrogen and oxygen atoms in total. The maximum absolute atomic E-state index is 4.58. The minimum absolute atomic E-state index is 0.419. The fourth-order valence-electron chi connectivity index (χ4n) is 3.47. The second-order valence-corrected chi connectivity index (χ2v) is 7.18. The highest BCUT2D eigenvalue weighted by atomic mass is 15.4. The number of rotatable bonds is 5. The molecular formula is C22H35N3. The van der Waals surface area contributed by atoms with Crippen LogP contribution in [0, 0.1) is 17.8 Å². The van der Waals surface area contributed by atoms with Crippen LogP contribution in [0.1, 0.15) is 52.9 Å².